The molecule has 1 aromatic heterocycles. The maximum absolute atomic E-state index is 13.9. The van der Waals surface area contributed by atoms with Gasteiger partial charge < -0.3 is 15.4 Å². The van der Waals surface area contributed by atoms with Gasteiger partial charge in [-0.15, -0.1) is 0 Å². The van der Waals surface area contributed by atoms with Crippen LogP contribution in [0.15, 0.2) is 35.6 Å². The van der Waals surface area contributed by atoms with Gasteiger partial charge in [-0.2, -0.15) is 0 Å². The monoisotopic (exact) mass is 375 g/mol. The second-order valence-corrected chi connectivity index (χ2v) is 7.43. The maximum Gasteiger partial charge on any atom is 0.151 e. The fraction of sp³-hybridized carbons (Fsp3) is 0.550. The summed E-state index contributed by atoms with van der Waals surface area (Å²) in [5.74, 6) is 1.05. The Morgan fingerprint density at radius 2 is 2.11 bits per heavy atom. The van der Waals surface area contributed by atoms with Gasteiger partial charge in [0, 0.05) is 25.2 Å². The van der Waals surface area contributed by atoms with E-state index in [1.54, 1.807) is 13.0 Å². The van der Waals surface area contributed by atoms with E-state index in [0.717, 1.165) is 25.3 Å². The Hall–Kier alpha value is -2.28. The second kappa shape index (κ2) is 9.08. The van der Waals surface area contributed by atoms with E-state index in [0.29, 0.717) is 17.2 Å². The van der Waals surface area contributed by atoms with Crippen molar-refractivity contribution in [1.29, 1.82) is 5.41 Å². The molecule has 148 valence electrons. The van der Waals surface area contributed by atoms with E-state index in [9.17, 15) is 4.39 Å². The predicted molar refractivity (Wildman–Crippen MR) is 107 cm³/mol. The fourth-order valence-electron chi connectivity index (χ4n) is 2.99. The van der Waals surface area contributed by atoms with Gasteiger partial charge in [-0.1, -0.05) is 6.92 Å². The second-order valence-electron chi connectivity index (χ2n) is 7.43. The molecule has 1 unspecified atom stereocenters. The molecule has 27 heavy (non-hydrogen) atoms. The first kappa shape index (κ1) is 21.0. The first-order valence-electron chi connectivity index (χ1n) is 9.35. The maximum atomic E-state index is 13.9. The van der Waals surface area contributed by atoms with E-state index >= 15 is 0 Å². The predicted octanol–water partition coefficient (Wildman–Crippen LogP) is 3.59. The van der Waals surface area contributed by atoms with E-state index in [2.05, 4.69) is 21.8 Å². The van der Waals surface area contributed by atoms with Gasteiger partial charge >= 0.3 is 0 Å². The Bertz CT molecular complexity index is 738. The number of anilines is 1. The summed E-state index contributed by atoms with van der Waals surface area (Å²) in [6.45, 7) is 10.8. The highest BCUT2D eigenvalue weighted by molar-refractivity contribution is 6.10. The zero-order chi connectivity index (χ0) is 20.1. The molecule has 3 N–H and O–H groups in total. The van der Waals surface area contributed by atoms with E-state index in [1.165, 1.54) is 19.3 Å². The van der Waals surface area contributed by atoms with Gasteiger partial charge in [0.05, 0.1) is 17.5 Å². The lowest BCUT2D eigenvalue weighted by Gasteiger charge is -2.19. The third-order valence-corrected chi connectivity index (χ3v) is 4.42. The molecule has 1 aliphatic rings. The highest BCUT2D eigenvalue weighted by Crippen LogP contribution is 2.23. The van der Waals surface area contributed by atoms with E-state index in [4.69, 9.17) is 15.9 Å². The highest BCUT2D eigenvalue weighted by atomic mass is 19.1. The number of allylic oxidation sites excluding steroid dienone is 2. The quantitative estimate of drug-likeness (QED) is 0.432. The molecule has 1 fully saturated rings. The van der Waals surface area contributed by atoms with Gasteiger partial charge in [0.1, 0.15) is 18.0 Å². The Balaban J connectivity index is 2.34. The molecule has 0 radical (unpaired) electrons. The summed E-state index contributed by atoms with van der Waals surface area (Å²) in [4.78, 5) is 10.8. The van der Waals surface area contributed by atoms with Crippen LogP contribution in [0, 0.1) is 11.3 Å². The first-order valence-corrected chi connectivity index (χ1v) is 9.35. The molecule has 2 atom stereocenters. The van der Waals surface area contributed by atoms with Gasteiger partial charge in [-0.25, -0.2) is 14.4 Å². The number of nitrogens with zero attached hydrogens (tertiary/aromatic N) is 3. The van der Waals surface area contributed by atoms with Crippen LogP contribution in [0.4, 0.5) is 10.2 Å². The largest absolute Gasteiger partial charge is 0.488 e. The van der Waals surface area contributed by atoms with Crippen molar-refractivity contribution in [2.24, 2.45) is 11.7 Å². The zero-order valence-electron chi connectivity index (χ0n) is 16.8. The van der Waals surface area contributed by atoms with E-state index < -0.39 is 11.9 Å². The van der Waals surface area contributed by atoms with Crippen molar-refractivity contribution in [1.82, 2.24) is 9.97 Å². The minimum atomic E-state index is -0.479. The average Bonchev–Trinajstić information content (AvgIpc) is 3.03. The molecule has 7 heteroatoms. The summed E-state index contributed by atoms with van der Waals surface area (Å²) in [5, 5.41) is 8.58. The summed E-state index contributed by atoms with van der Waals surface area (Å²) in [6.07, 6.45) is 3.90. The van der Waals surface area contributed by atoms with Crippen molar-refractivity contribution in [2.75, 3.05) is 18.0 Å². The van der Waals surface area contributed by atoms with E-state index in [-0.39, 0.29) is 17.6 Å². The van der Waals surface area contributed by atoms with Crippen LogP contribution < -0.4 is 10.6 Å². The number of hydrogen-bond acceptors (Lipinski definition) is 6. The molecule has 1 aliphatic heterocycles. The summed E-state index contributed by atoms with van der Waals surface area (Å²) < 4.78 is 19.4. The molecule has 0 saturated carbocycles. The van der Waals surface area contributed by atoms with Crippen LogP contribution >= 0.6 is 0 Å². The van der Waals surface area contributed by atoms with Crippen molar-refractivity contribution >= 4 is 11.5 Å². The van der Waals surface area contributed by atoms with Crippen LogP contribution in [-0.4, -0.2) is 40.9 Å². The minimum absolute atomic E-state index is 0.0877. The number of nitrogens with one attached hydrogen (secondary N) is 1. The zero-order valence-corrected chi connectivity index (χ0v) is 16.8. The van der Waals surface area contributed by atoms with Gasteiger partial charge in [-0.05, 0) is 51.7 Å². The lowest BCUT2D eigenvalue weighted by molar-refractivity contribution is 0.150. The standard InChI is InChI=1S/C20H30FN5O/c1-12(2)27-18(14(4)21)8-16(15(5)22)20(23)17-9-19(25-11-24-17)26-7-6-13(3)10-26/h8-9,11-13,15,23H,6-7,10,22H2,1-5H3/b16-8+,18-14-,23-20?/t13-,15?/m1/s1. The molecular weight excluding hydrogens is 345 g/mol. The number of nitrogens with two attached hydrogens (primary N) is 1. The molecule has 0 amide bonds. The summed E-state index contributed by atoms with van der Waals surface area (Å²) in [5.41, 5.74) is 7.14. The van der Waals surface area contributed by atoms with Crippen molar-refractivity contribution in [2.45, 2.75) is 53.2 Å². The van der Waals surface area contributed by atoms with Crippen LogP contribution in [0.1, 0.15) is 46.7 Å². The van der Waals surface area contributed by atoms with Gasteiger partial charge in [-0.3, -0.25) is 5.41 Å². The Labute approximate surface area is 160 Å². The van der Waals surface area contributed by atoms with Crippen molar-refractivity contribution in [3.63, 3.8) is 0 Å². The normalized spacial score (nSPS) is 19.9. The first-order chi connectivity index (χ1) is 12.7. The number of hydrogen-bond donors (Lipinski definition) is 2. The third kappa shape index (κ3) is 5.60. The Morgan fingerprint density at radius 1 is 1.41 bits per heavy atom. The van der Waals surface area contributed by atoms with Crippen LogP contribution in [-0.2, 0) is 4.74 Å². The lowest BCUT2D eigenvalue weighted by atomic mass is 10.00. The van der Waals surface area contributed by atoms with Crippen LogP contribution in [0.3, 0.4) is 0 Å². The number of rotatable bonds is 7. The molecule has 1 aromatic rings. The number of halogens is 1. The minimum Gasteiger partial charge on any atom is -0.488 e. The van der Waals surface area contributed by atoms with Gasteiger partial charge in [0.25, 0.3) is 0 Å². The Kier molecular flexibility index (Phi) is 7.07. The van der Waals surface area contributed by atoms with Crippen LogP contribution in [0.2, 0.25) is 0 Å². The molecule has 0 aliphatic carbocycles. The molecular formula is C20H30FN5O. The molecule has 0 aromatic carbocycles. The fourth-order valence-corrected chi connectivity index (χ4v) is 2.99. The molecule has 2 rings (SSSR count). The summed E-state index contributed by atoms with van der Waals surface area (Å²) in [7, 11) is 0. The third-order valence-electron chi connectivity index (χ3n) is 4.42. The Morgan fingerprint density at radius 3 is 2.63 bits per heavy atom. The smallest absolute Gasteiger partial charge is 0.151 e. The summed E-state index contributed by atoms with van der Waals surface area (Å²) >= 11 is 0. The number of aromatic nitrogens is 2. The van der Waals surface area contributed by atoms with Gasteiger partial charge in [0.15, 0.2) is 5.76 Å². The lowest BCUT2D eigenvalue weighted by Crippen LogP contribution is -2.26. The molecule has 6 nitrogen and oxygen atoms in total. The van der Waals surface area contributed by atoms with Gasteiger partial charge in [0.2, 0.25) is 0 Å². The average molecular weight is 375 g/mol. The number of ether oxygens (including phenoxy) is 1. The summed E-state index contributed by atoms with van der Waals surface area (Å²) in [6, 6.07) is 1.32. The van der Waals surface area contributed by atoms with Crippen molar-refractivity contribution < 1.29 is 9.13 Å². The van der Waals surface area contributed by atoms with Crippen molar-refractivity contribution in [3.8, 4) is 0 Å². The topological polar surface area (TPSA) is 88.1 Å². The highest BCUT2D eigenvalue weighted by Gasteiger charge is 2.22. The molecule has 1 saturated heterocycles. The van der Waals surface area contributed by atoms with Crippen LogP contribution in [0.25, 0.3) is 0 Å². The SMILES string of the molecule is C/C(F)=C(\C=C(\C(=N)c1cc(N2CC[C@@H](C)C2)ncn1)C(C)N)OC(C)C. The van der Waals surface area contributed by atoms with Crippen molar-refractivity contribution in [3.05, 3.63) is 41.3 Å². The molecule has 0 bridgehead atoms. The molecule has 2 heterocycles. The van der Waals surface area contributed by atoms with Crippen LogP contribution in [0.5, 0.6) is 0 Å². The van der Waals surface area contributed by atoms with E-state index in [1.807, 2.05) is 13.8 Å². The molecule has 0 spiro atoms.